The molecule has 1 fully saturated rings. The van der Waals surface area contributed by atoms with Gasteiger partial charge in [-0.2, -0.15) is 0 Å². The second kappa shape index (κ2) is 5.90. The third-order valence-electron chi connectivity index (χ3n) is 3.70. The second-order valence-electron chi connectivity index (χ2n) is 6.00. The quantitative estimate of drug-likeness (QED) is 0.823. The summed E-state index contributed by atoms with van der Waals surface area (Å²) < 4.78 is 62.6. The Balaban J connectivity index is 2.43. The third-order valence-corrected chi connectivity index (χ3v) is 7.85. The van der Waals surface area contributed by atoms with Crippen molar-refractivity contribution in [2.75, 3.05) is 11.5 Å². The van der Waals surface area contributed by atoms with Gasteiger partial charge >= 0.3 is 0 Å². The van der Waals surface area contributed by atoms with E-state index in [0.717, 1.165) is 6.07 Å². The Morgan fingerprint density at radius 1 is 1.27 bits per heavy atom. The minimum Gasteiger partial charge on any atom is -0.309 e. The Morgan fingerprint density at radius 3 is 2.45 bits per heavy atom. The molecule has 2 atom stereocenters. The van der Waals surface area contributed by atoms with E-state index >= 15 is 0 Å². The van der Waals surface area contributed by atoms with Crippen LogP contribution in [0.5, 0.6) is 0 Å². The molecule has 1 aromatic rings. The summed E-state index contributed by atoms with van der Waals surface area (Å²) in [6.07, 6.45) is 0. The largest absolute Gasteiger partial charge is 0.309 e. The Labute approximate surface area is 130 Å². The predicted molar refractivity (Wildman–Crippen MR) is 82.8 cm³/mol. The Hall–Kier alpha value is -0.990. The Morgan fingerprint density at radius 2 is 1.91 bits per heavy atom. The molecule has 0 unspecified atom stereocenters. The van der Waals surface area contributed by atoms with Gasteiger partial charge in [-0.05, 0) is 30.7 Å². The van der Waals surface area contributed by atoms with Crippen LogP contribution in [0.15, 0.2) is 23.1 Å². The van der Waals surface area contributed by atoms with E-state index in [-0.39, 0.29) is 22.3 Å². The minimum atomic E-state index is -3.85. The maximum Gasteiger partial charge on any atom is 0.183 e. The lowest BCUT2D eigenvalue weighted by Gasteiger charge is -2.22. The van der Waals surface area contributed by atoms with E-state index in [9.17, 15) is 21.2 Å². The van der Waals surface area contributed by atoms with Gasteiger partial charge in [-0.15, -0.1) is 0 Å². The van der Waals surface area contributed by atoms with Gasteiger partial charge in [-0.1, -0.05) is 13.8 Å². The highest BCUT2D eigenvalue weighted by Crippen LogP contribution is 2.27. The number of sulfone groups is 2. The first-order chi connectivity index (χ1) is 10.0. The van der Waals surface area contributed by atoms with Gasteiger partial charge in [-0.3, -0.25) is 0 Å². The molecule has 0 bridgehead atoms. The van der Waals surface area contributed by atoms with Crippen LogP contribution >= 0.6 is 0 Å². The number of halogens is 1. The van der Waals surface area contributed by atoms with E-state index in [0.29, 0.717) is 0 Å². The van der Waals surface area contributed by atoms with Crippen LogP contribution in [-0.4, -0.2) is 45.7 Å². The molecule has 0 amide bonds. The molecule has 1 aliphatic rings. The number of rotatable bonds is 4. The number of hydrogen-bond acceptors (Lipinski definition) is 5. The average molecular weight is 349 g/mol. The van der Waals surface area contributed by atoms with Gasteiger partial charge in [0, 0.05) is 12.1 Å². The van der Waals surface area contributed by atoms with Crippen LogP contribution in [0, 0.1) is 12.7 Å². The summed E-state index contributed by atoms with van der Waals surface area (Å²) in [6.45, 7) is 5.14. The fourth-order valence-electron chi connectivity index (χ4n) is 2.67. The normalized spacial score (nSPS) is 24.8. The molecule has 22 heavy (non-hydrogen) atoms. The van der Waals surface area contributed by atoms with Crippen LogP contribution < -0.4 is 5.32 Å². The third kappa shape index (κ3) is 3.49. The Kier molecular flexibility index (Phi) is 4.66. The van der Waals surface area contributed by atoms with Gasteiger partial charge < -0.3 is 5.32 Å². The molecule has 0 aromatic heterocycles. The van der Waals surface area contributed by atoms with Gasteiger partial charge in [0.1, 0.15) is 5.82 Å². The number of aryl methyl sites for hydroxylation is 1. The minimum absolute atomic E-state index is 0.0362. The van der Waals surface area contributed by atoms with E-state index in [1.807, 2.05) is 13.8 Å². The van der Waals surface area contributed by atoms with Crippen LogP contribution in [-0.2, 0) is 19.7 Å². The summed E-state index contributed by atoms with van der Waals surface area (Å²) in [5.41, 5.74) is 0.218. The maximum atomic E-state index is 13.3. The van der Waals surface area contributed by atoms with Crippen molar-refractivity contribution in [1.82, 2.24) is 5.32 Å². The van der Waals surface area contributed by atoms with Crippen molar-refractivity contribution in [3.63, 3.8) is 0 Å². The van der Waals surface area contributed by atoms with Crippen LogP contribution in [0.1, 0.15) is 19.4 Å². The summed E-state index contributed by atoms with van der Waals surface area (Å²) >= 11 is 0. The molecule has 1 N–H and O–H groups in total. The van der Waals surface area contributed by atoms with E-state index in [2.05, 4.69) is 5.32 Å². The van der Waals surface area contributed by atoms with Gasteiger partial charge in [-0.25, -0.2) is 21.2 Å². The van der Waals surface area contributed by atoms with E-state index in [4.69, 9.17) is 0 Å². The second-order valence-corrected chi connectivity index (χ2v) is 10.3. The summed E-state index contributed by atoms with van der Waals surface area (Å²) in [7, 11) is -7.27. The van der Waals surface area contributed by atoms with Crippen LogP contribution in [0.3, 0.4) is 0 Å². The van der Waals surface area contributed by atoms with Crippen molar-refractivity contribution < 1.29 is 21.2 Å². The van der Waals surface area contributed by atoms with Gasteiger partial charge in [0.25, 0.3) is 0 Å². The first kappa shape index (κ1) is 17.4. The van der Waals surface area contributed by atoms with Crippen molar-refractivity contribution in [2.24, 2.45) is 0 Å². The molecule has 1 aromatic carbocycles. The molecule has 0 saturated carbocycles. The van der Waals surface area contributed by atoms with Crippen LogP contribution in [0.2, 0.25) is 0 Å². The summed E-state index contributed by atoms with van der Waals surface area (Å²) in [5.74, 6) is -1.10. The van der Waals surface area contributed by atoms with Crippen molar-refractivity contribution in [1.29, 1.82) is 0 Å². The monoisotopic (exact) mass is 349 g/mol. The molecule has 2 rings (SSSR count). The van der Waals surface area contributed by atoms with Crippen LogP contribution in [0.25, 0.3) is 0 Å². The smallest absolute Gasteiger partial charge is 0.183 e. The fraction of sp³-hybridized carbons (Fsp3) is 0.571. The highest BCUT2D eigenvalue weighted by atomic mass is 32.2. The maximum absolute atomic E-state index is 13.3. The van der Waals surface area contributed by atoms with E-state index in [1.54, 1.807) is 0 Å². The summed E-state index contributed by atoms with van der Waals surface area (Å²) in [5, 5.41) is 1.97. The molecule has 0 radical (unpaired) electrons. The first-order valence-corrected chi connectivity index (χ1v) is 10.4. The molecule has 124 valence electrons. The zero-order valence-corrected chi connectivity index (χ0v) is 14.3. The molecule has 0 spiro atoms. The first-order valence-electron chi connectivity index (χ1n) is 6.99. The summed E-state index contributed by atoms with van der Waals surface area (Å²) in [4.78, 5) is -0.0379. The van der Waals surface area contributed by atoms with Crippen molar-refractivity contribution in [3.8, 4) is 0 Å². The molecule has 5 nitrogen and oxygen atoms in total. The SMILES string of the molecule is Cc1cc(S(=O)(=O)[C@@H]2CS(=O)(=O)C[C@H]2NC(C)C)ccc1F. The van der Waals surface area contributed by atoms with E-state index in [1.165, 1.54) is 19.1 Å². The van der Waals surface area contributed by atoms with Gasteiger partial charge in [0.05, 0.1) is 21.7 Å². The van der Waals surface area contributed by atoms with Crippen molar-refractivity contribution in [3.05, 3.63) is 29.6 Å². The molecule has 1 heterocycles. The average Bonchev–Trinajstić information content (AvgIpc) is 2.67. The number of hydrogen-bond donors (Lipinski definition) is 1. The molecule has 1 saturated heterocycles. The molecular formula is C14H20FNO4S2. The lowest BCUT2D eigenvalue weighted by molar-refractivity contribution is 0.484. The Bertz CT molecular complexity index is 772. The standard InChI is InChI=1S/C14H20FNO4S2/c1-9(2)16-13-7-21(17,18)8-14(13)22(19,20)11-4-5-12(15)10(3)6-11/h4-6,9,13-14,16H,7-8H2,1-3H3/t13-,14-/m1/s1. The summed E-state index contributed by atoms with van der Waals surface area (Å²) in [6, 6.07) is 2.85. The lowest BCUT2D eigenvalue weighted by atomic mass is 10.2. The zero-order chi connectivity index (χ0) is 16.7. The molecule has 0 aliphatic carbocycles. The zero-order valence-electron chi connectivity index (χ0n) is 12.7. The topological polar surface area (TPSA) is 80.3 Å². The lowest BCUT2D eigenvalue weighted by Crippen LogP contribution is -2.46. The van der Waals surface area contributed by atoms with Crippen LogP contribution in [0.4, 0.5) is 4.39 Å². The van der Waals surface area contributed by atoms with E-state index < -0.39 is 42.5 Å². The molecular weight excluding hydrogens is 329 g/mol. The number of benzene rings is 1. The highest BCUT2D eigenvalue weighted by molar-refractivity contribution is 7.96. The van der Waals surface area contributed by atoms with Gasteiger partial charge in [0.2, 0.25) is 0 Å². The highest BCUT2D eigenvalue weighted by Gasteiger charge is 2.45. The van der Waals surface area contributed by atoms with Crippen molar-refractivity contribution in [2.45, 2.75) is 43.0 Å². The van der Waals surface area contributed by atoms with Crippen molar-refractivity contribution >= 4 is 19.7 Å². The molecule has 1 aliphatic heterocycles. The fourth-order valence-corrected chi connectivity index (χ4v) is 7.43. The predicted octanol–water partition coefficient (Wildman–Crippen LogP) is 1.07. The van der Waals surface area contributed by atoms with Gasteiger partial charge in [0.15, 0.2) is 19.7 Å². The molecule has 8 heteroatoms. The number of nitrogens with one attached hydrogen (secondary N) is 1.